The van der Waals surface area contributed by atoms with Crippen molar-refractivity contribution in [2.24, 2.45) is 0 Å². The van der Waals surface area contributed by atoms with Gasteiger partial charge in [0.25, 0.3) is 0 Å². The van der Waals surface area contributed by atoms with Gasteiger partial charge in [-0.1, -0.05) is 11.6 Å². The first kappa shape index (κ1) is 10.6. The second kappa shape index (κ2) is 7.65. The van der Waals surface area contributed by atoms with E-state index < -0.39 is 0 Å². The molecule has 1 nitrogen and oxygen atoms in total. The van der Waals surface area contributed by atoms with E-state index in [9.17, 15) is 0 Å². The third-order valence-corrected chi connectivity index (χ3v) is 1.64. The lowest BCUT2D eigenvalue weighted by Crippen LogP contribution is -2.17. The molecule has 0 bridgehead atoms. The van der Waals surface area contributed by atoms with E-state index in [-0.39, 0.29) is 0 Å². The SMILES string of the molecule is C#CCCCNCC(C)=CCl. The molecule has 0 rings (SSSR count). The molecule has 0 spiro atoms. The van der Waals surface area contributed by atoms with Gasteiger partial charge in [0, 0.05) is 18.5 Å². The molecule has 0 aliphatic carbocycles. The second-order valence-corrected chi connectivity index (χ2v) is 2.66. The van der Waals surface area contributed by atoms with E-state index in [1.165, 1.54) is 0 Å². The van der Waals surface area contributed by atoms with Crippen LogP contribution in [0, 0.1) is 12.3 Å². The predicted molar refractivity (Wildman–Crippen MR) is 50.5 cm³/mol. The molecule has 0 saturated heterocycles. The molecule has 0 amide bonds. The minimum atomic E-state index is 0.844. The third kappa shape index (κ3) is 7.45. The highest BCUT2D eigenvalue weighted by Crippen LogP contribution is 1.92. The van der Waals surface area contributed by atoms with Crippen molar-refractivity contribution in [1.82, 2.24) is 5.32 Å². The third-order valence-electron chi connectivity index (χ3n) is 1.26. The zero-order valence-corrected chi connectivity index (χ0v) is 7.62. The number of halogens is 1. The summed E-state index contributed by atoms with van der Waals surface area (Å²) in [6.07, 6.45) is 6.96. The highest BCUT2D eigenvalue weighted by Gasteiger charge is 1.87. The van der Waals surface area contributed by atoms with E-state index in [0.717, 1.165) is 31.5 Å². The van der Waals surface area contributed by atoms with Crippen LogP contribution in [0.5, 0.6) is 0 Å². The summed E-state index contributed by atoms with van der Waals surface area (Å²) in [5, 5.41) is 3.22. The molecule has 0 saturated carbocycles. The molecule has 1 N–H and O–H groups in total. The first-order valence-electron chi connectivity index (χ1n) is 3.71. The Morgan fingerprint density at radius 1 is 1.73 bits per heavy atom. The van der Waals surface area contributed by atoms with E-state index >= 15 is 0 Å². The molecule has 0 unspecified atom stereocenters. The lowest BCUT2D eigenvalue weighted by atomic mass is 10.3. The molecule has 0 atom stereocenters. The molecule has 0 aromatic heterocycles. The molecule has 11 heavy (non-hydrogen) atoms. The molecular formula is C9H14ClN. The lowest BCUT2D eigenvalue weighted by Gasteiger charge is -2.01. The maximum atomic E-state index is 5.46. The van der Waals surface area contributed by atoms with Gasteiger partial charge in [0.05, 0.1) is 0 Å². The zero-order chi connectivity index (χ0) is 8.53. The number of terminal acetylenes is 1. The summed E-state index contributed by atoms with van der Waals surface area (Å²) in [7, 11) is 0. The van der Waals surface area contributed by atoms with Crippen molar-refractivity contribution in [3.63, 3.8) is 0 Å². The minimum Gasteiger partial charge on any atom is -0.313 e. The van der Waals surface area contributed by atoms with Crippen molar-refractivity contribution >= 4 is 11.6 Å². The molecule has 0 aliphatic rings. The van der Waals surface area contributed by atoms with Crippen molar-refractivity contribution in [3.05, 3.63) is 11.1 Å². The van der Waals surface area contributed by atoms with E-state index in [4.69, 9.17) is 18.0 Å². The smallest absolute Gasteiger partial charge is 0.0173 e. The Kier molecular flexibility index (Phi) is 7.34. The van der Waals surface area contributed by atoms with Crippen LogP contribution in [0.15, 0.2) is 11.1 Å². The number of rotatable bonds is 5. The quantitative estimate of drug-likeness (QED) is 0.494. The summed E-state index contributed by atoms with van der Waals surface area (Å²) in [5.74, 6) is 2.59. The molecule has 62 valence electrons. The van der Waals surface area contributed by atoms with Crippen LogP contribution in [-0.4, -0.2) is 13.1 Å². The van der Waals surface area contributed by atoms with Crippen LogP contribution in [0.3, 0.4) is 0 Å². The van der Waals surface area contributed by atoms with Gasteiger partial charge in [-0.3, -0.25) is 0 Å². The fourth-order valence-electron chi connectivity index (χ4n) is 0.640. The monoisotopic (exact) mass is 171 g/mol. The van der Waals surface area contributed by atoms with Gasteiger partial charge < -0.3 is 5.32 Å². The van der Waals surface area contributed by atoms with Crippen LogP contribution in [0.25, 0.3) is 0 Å². The Hall–Kier alpha value is -0.450. The summed E-state index contributed by atoms with van der Waals surface area (Å²) >= 11 is 5.46. The fraction of sp³-hybridized carbons (Fsp3) is 0.556. The second-order valence-electron chi connectivity index (χ2n) is 2.44. The molecule has 0 fully saturated rings. The Balaban J connectivity index is 3.10. The summed E-state index contributed by atoms with van der Waals surface area (Å²) in [6, 6.07) is 0. The highest BCUT2D eigenvalue weighted by atomic mass is 35.5. The first-order chi connectivity index (χ1) is 5.31. The highest BCUT2D eigenvalue weighted by molar-refractivity contribution is 6.25. The largest absolute Gasteiger partial charge is 0.313 e. The molecule has 0 heterocycles. The van der Waals surface area contributed by atoms with Crippen molar-refractivity contribution in [2.45, 2.75) is 19.8 Å². The lowest BCUT2D eigenvalue weighted by molar-refractivity contribution is 0.694. The Morgan fingerprint density at radius 2 is 2.45 bits per heavy atom. The van der Waals surface area contributed by atoms with Crippen molar-refractivity contribution in [2.75, 3.05) is 13.1 Å². The Morgan fingerprint density at radius 3 is 3.00 bits per heavy atom. The predicted octanol–water partition coefficient (Wildman–Crippen LogP) is 2.13. The van der Waals surface area contributed by atoms with Gasteiger partial charge in [-0.2, -0.15) is 0 Å². The molecule has 0 aliphatic heterocycles. The van der Waals surface area contributed by atoms with E-state index in [1.807, 2.05) is 6.92 Å². The van der Waals surface area contributed by atoms with Crippen LogP contribution < -0.4 is 5.32 Å². The van der Waals surface area contributed by atoms with Crippen LogP contribution in [0.2, 0.25) is 0 Å². The van der Waals surface area contributed by atoms with Crippen LogP contribution in [0.4, 0.5) is 0 Å². The van der Waals surface area contributed by atoms with Gasteiger partial charge >= 0.3 is 0 Å². The molecule has 0 aromatic carbocycles. The standard InChI is InChI=1S/C9H14ClN/c1-3-4-5-6-11-8-9(2)7-10/h1,7,11H,4-6,8H2,2H3. The average molecular weight is 172 g/mol. The summed E-state index contributed by atoms with van der Waals surface area (Å²) in [5.41, 5.74) is 2.74. The average Bonchev–Trinajstić information content (AvgIpc) is 2.04. The van der Waals surface area contributed by atoms with E-state index in [1.54, 1.807) is 5.54 Å². The van der Waals surface area contributed by atoms with Crippen molar-refractivity contribution in [3.8, 4) is 12.3 Å². The van der Waals surface area contributed by atoms with Gasteiger partial charge in [-0.05, 0) is 25.5 Å². The molecule has 2 heteroatoms. The summed E-state index contributed by atoms with van der Waals surface area (Å²) < 4.78 is 0. The number of unbranched alkanes of at least 4 members (excludes halogenated alkanes) is 1. The van der Waals surface area contributed by atoms with Gasteiger partial charge in [-0.15, -0.1) is 12.3 Å². The van der Waals surface area contributed by atoms with E-state index in [0.29, 0.717) is 0 Å². The number of hydrogen-bond donors (Lipinski definition) is 1. The number of nitrogens with one attached hydrogen (secondary N) is 1. The molecule has 0 radical (unpaired) electrons. The van der Waals surface area contributed by atoms with Crippen LogP contribution in [-0.2, 0) is 0 Å². The maximum Gasteiger partial charge on any atom is 0.0173 e. The fourth-order valence-corrected chi connectivity index (χ4v) is 0.717. The normalized spacial score (nSPS) is 11.2. The first-order valence-corrected chi connectivity index (χ1v) is 4.15. The van der Waals surface area contributed by atoms with Crippen LogP contribution >= 0.6 is 11.6 Å². The zero-order valence-electron chi connectivity index (χ0n) is 6.86. The summed E-state index contributed by atoms with van der Waals surface area (Å²) in [6.45, 7) is 3.81. The summed E-state index contributed by atoms with van der Waals surface area (Å²) in [4.78, 5) is 0. The minimum absolute atomic E-state index is 0.844. The number of hydrogen-bond acceptors (Lipinski definition) is 1. The van der Waals surface area contributed by atoms with E-state index in [2.05, 4.69) is 11.2 Å². The molecular weight excluding hydrogens is 158 g/mol. The van der Waals surface area contributed by atoms with Crippen molar-refractivity contribution in [1.29, 1.82) is 0 Å². The van der Waals surface area contributed by atoms with Gasteiger partial charge in [0.1, 0.15) is 0 Å². The van der Waals surface area contributed by atoms with Crippen LogP contribution in [0.1, 0.15) is 19.8 Å². The Labute approximate surface area is 73.8 Å². The maximum absolute atomic E-state index is 5.46. The van der Waals surface area contributed by atoms with Gasteiger partial charge in [-0.25, -0.2) is 0 Å². The topological polar surface area (TPSA) is 12.0 Å². The van der Waals surface area contributed by atoms with Crippen molar-refractivity contribution < 1.29 is 0 Å². The molecule has 0 aromatic rings. The van der Waals surface area contributed by atoms with Gasteiger partial charge in [0.2, 0.25) is 0 Å². The Bertz CT molecular complexity index is 155. The van der Waals surface area contributed by atoms with Gasteiger partial charge in [0.15, 0.2) is 0 Å².